The molecule has 0 amide bonds. The Labute approximate surface area is 81.0 Å². The fraction of sp³-hybridized carbons (Fsp3) is 1.00. The molecular formula is C11H21NO. The molecule has 76 valence electrons. The maximum atomic E-state index is 5.34. The van der Waals surface area contributed by atoms with Crippen LogP contribution in [0.2, 0.25) is 0 Å². The molecule has 0 spiro atoms. The molecule has 2 heteroatoms. The molecule has 0 aromatic rings. The van der Waals surface area contributed by atoms with E-state index in [0.29, 0.717) is 0 Å². The van der Waals surface area contributed by atoms with Crippen LogP contribution in [0.3, 0.4) is 0 Å². The van der Waals surface area contributed by atoms with Gasteiger partial charge in [-0.1, -0.05) is 6.42 Å². The van der Waals surface area contributed by atoms with Crippen molar-refractivity contribution in [2.75, 3.05) is 26.3 Å². The van der Waals surface area contributed by atoms with Crippen molar-refractivity contribution in [1.29, 1.82) is 0 Å². The monoisotopic (exact) mass is 183 g/mol. The molecule has 1 saturated carbocycles. The molecule has 2 rings (SSSR count). The molecule has 1 aliphatic heterocycles. The third-order valence-electron chi connectivity index (χ3n) is 3.41. The van der Waals surface area contributed by atoms with Crippen molar-refractivity contribution in [1.82, 2.24) is 5.32 Å². The second kappa shape index (κ2) is 4.97. The van der Waals surface area contributed by atoms with E-state index in [1.54, 1.807) is 0 Å². The molecular weight excluding hydrogens is 162 g/mol. The summed E-state index contributed by atoms with van der Waals surface area (Å²) in [6.07, 6.45) is 6.97. The lowest BCUT2D eigenvalue weighted by molar-refractivity contribution is 0.184. The van der Waals surface area contributed by atoms with E-state index in [1.807, 2.05) is 0 Å². The van der Waals surface area contributed by atoms with Crippen molar-refractivity contribution in [3.63, 3.8) is 0 Å². The van der Waals surface area contributed by atoms with E-state index in [0.717, 1.165) is 25.0 Å². The molecule has 1 heterocycles. The van der Waals surface area contributed by atoms with Gasteiger partial charge in [-0.15, -0.1) is 0 Å². The van der Waals surface area contributed by atoms with Gasteiger partial charge < -0.3 is 10.1 Å². The third-order valence-corrected chi connectivity index (χ3v) is 3.41. The zero-order valence-electron chi connectivity index (χ0n) is 8.43. The van der Waals surface area contributed by atoms with Crippen molar-refractivity contribution >= 4 is 0 Å². The van der Waals surface area contributed by atoms with Crippen LogP contribution in [-0.2, 0) is 4.74 Å². The Kier molecular flexibility index (Phi) is 3.62. The van der Waals surface area contributed by atoms with Gasteiger partial charge in [-0.3, -0.25) is 0 Å². The summed E-state index contributed by atoms with van der Waals surface area (Å²) in [6.45, 7) is 4.45. The SMILES string of the molecule is C1CC(CNCCC2CCOC2)C1. The van der Waals surface area contributed by atoms with Crippen molar-refractivity contribution in [2.24, 2.45) is 11.8 Å². The summed E-state index contributed by atoms with van der Waals surface area (Å²) < 4.78 is 5.34. The summed E-state index contributed by atoms with van der Waals surface area (Å²) in [4.78, 5) is 0. The van der Waals surface area contributed by atoms with Crippen LogP contribution < -0.4 is 5.32 Å². The van der Waals surface area contributed by atoms with Gasteiger partial charge in [0.1, 0.15) is 0 Å². The first kappa shape index (κ1) is 9.47. The zero-order valence-corrected chi connectivity index (χ0v) is 8.43. The van der Waals surface area contributed by atoms with Gasteiger partial charge in [0.15, 0.2) is 0 Å². The molecule has 1 aliphatic carbocycles. The first-order valence-corrected chi connectivity index (χ1v) is 5.73. The Morgan fingerprint density at radius 3 is 2.69 bits per heavy atom. The van der Waals surface area contributed by atoms with Crippen molar-refractivity contribution in [3.8, 4) is 0 Å². The fourth-order valence-electron chi connectivity index (χ4n) is 2.12. The average Bonchev–Trinajstić information content (AvgIpc) is 2.53. The highest BCUT2D eigenvalue weighted by Gasteiger charge is 2.17. The zero-order chi connectivity index (χ0) is 8.93. The summed E-state index contributed by atoms with van der Waals surface area (Å²) in [6, 6.07) is 0. The van der Waals surface area contributed by atoms with E-state index in [-0.39, 0.29) is 0 Å². The normalized spacial score (nSPS) is 29.1. The third kappa shape index (κ3) is 2.96. The standard InChI is InChI=1S/C11H21NO/c1-2-10(3-1)8-12-6-4-11-5-7-13-9-11/h10-12H,1-9H2. The highest BCUT2D eigenvalue weighted by molar-refractivity contribution is 4.72. The second-order valence-corrected chi connectivity index (χ2v) is 4.52. The maximum absolute atomic E-state index is 5.34. The van der Waals surface area contributed by atoms with Gasteiger partial charge in [0.05, 0.1) is 0 Å². The van der Waals surface area contributed by atoms with Gasteiger partial charge >= 0.3 is 0 Å². The quantitative estimate of drug-likeness (QED) is 0.656. The minimum absolute atomic E-state index is 0.842. The van der Waals surface area contributed by atoms with Crippen molar-refractivity contribution < 1.29 is 4.74 Å². The molecule has 0 aromatic heterocycles. The van der Waals surface area contributed by atoms with Crippen LogP contribution in [0.15, 0.2) is 0 Å². The Morgan fingerprint density at radius 1 is 1.15 bits per heavy atom. The van der Waals surface area contributed by atoms with Gasteiger partial charge in [0.25, 0.3) is 0 Å². The van der Waals surface area contributed by atoms with Crippen molar-refractivity contribution in [3.05, 3.63) is 0 Å². The van der Waals surface area contributed by atoms with Crippen LogP contribution in [0.25, 0.3) is 0 Å². The lowest BCUT2D eigenvalue weighted by Crippen LogP contribution is -2.28. The summed E-state index contributed by atoms with van der Waals surface area (Å²) in [5, 5.41) is 3.56. The fourth-order valence-corrected chi connectivity index (χ4v) is 2.12. The lowest BCUT2D eigenvalue weighted by Gasteiger charge is -2.25. The second-order valence-electron chi connectivity index (χ2n) is 4.52. The lowest BCUT2D eigenvalue weighted by atomic mass is 9.85. The van der Waals surface area contributed by atoms with Crippen LogP contribution in [0.5, 0.6) is 0 Å². The molecule has 2 aliphatic rings. The summed E-state index contributed by atoms with van der Waals surface area (Å²) in [7, 11) is 0. The molecule has 1 N–H and O–H groups in total. The average molecular weight is 183 g/mol. The first-order valence-electron chi connectivity index (χ1n) is 5.73. The van der Waals surface area contributed by atoms with E-state index in [4.69, 9.17) is 4.74 Å². The van der Waals surface area contributed by atoms with E-state index in [2.05, 4.69) is 5.32 Å². The summed E-state index contributed by atoms with van der Waals surface area (Å²) in [5.41, 5.74) is 0. The highest BCUT2D eigenvalue weighted by Crippen LogP contribution is 2.25. The smallest absolute Gasteiger partial charge is 0.0495 e. The van der Waals surface area contributed by atoms with Crippen LogP contribution in [0, 0.1) is 11.8 Å². The van der Waals surface area contributed by atoms with Crippen LogP contribution >= 0.6 is 0 Å². The van der Waals surface area contributed by atoms with Gasteiger partial charge in [0.2, 0.25) is 0 Å². The number of nitrogens with one attached hydrogen (secondary N) is 1. The van der Waals surface area contributed by atoms with E-state index >= 15 is 0 Å². The Balaban J connectivity index is 1.43. The number of hydrogen-bond acceptors (Lipinski definition) is 2. The predicted octanol–water partition coefficient (Wildman–Crippen LogP) is 1.80. The minimum atomic E-state index is 0.842. The van der Waals surface area contributed by atoms with Crippen LogP contribution in [0.4, 0.5) is 0 Å². The van der Waals surface area contributed by atoms with Crippen molar-refractivity contribution in [2.45, 2.75) is 32.1 Å². The highest BCUT2D eigenvalue weighted by atomic mass is 16.5. The van der Waals surface area contributed by atoms with Gasteiger partial charge in [0, 0.05) is 13.2 Å². The molecule has 2 nitrogen and oxygen atoms in total. The number of hydrogen-bond donors (Lipinski definition) is 1. The minimum Gasteiger partial charge on any atom is -0.381 e. The Hall–Kier alpha value is -0.0800. The molecule has 1 atom stereocenters. The van der Waals surface area contributed by atoms with E-state index in [9.17, 15) is 0 Å². The molecule has 1 unspecified atom stereocenters. The van der Waals surface area contributed by atoms with Crippen LogP contribution in [0.1, 0.15) is 32.1 Å². The summed E-state index contributed by atoms with van der Waals surface area (Å²) >= 11 is 0. The van der Waals surface area contributed by atoms with Gasteiger partial charge in [-0.2, -0.15) is 0 Å². The Morgan fingerprint density at radius 2 is 2.08 bits per heavy atom. The molecule has 1 saturated heterocycles. The predicted molar refractivity (Wildman–Crippen MR) is 53.8 cm³/mol. The van der Waals surface area contributed by atoms with E-state index in [1.165, 1.54) is 45.2 Å². The molecule has 0 radical (unpaired) electrons. The summed E-state index contributed by atoms with van der Waals surface area (Å²) in [5.74, 6) is 1.84. The first-order chi connectivity index (χ1) is 6.45. The molecule has 2 fully saturated rings. The topological polar surface area (TPSA) is 21.3 Å². The molecule has 0 bridgehead atoms. The van der Waals surface area contributed by atoms with E-state index < -0.39 is 0 Å². The number of ether oxygens (including phenoxy) is 1. The number of rotatable bonds is 5. The van der Waals surface area contributed by atoms with Crippen LogP contribution in [-0.4, -0.2) is 26.3 Å². The van der Waals surface area contributed by atoms with Gasteiger partial charge in [-0.25, -0.2) is 0 Å². The molecule has 0 aromatic carbocycles. The van der Waals surface area contributed by atoms with Gasteiger partial charge in [-0.05, 0) is 50.6 Å². The maximum Gasteiger partial charge on any atom is 0.0495 e. The Bertz CT molecular complexity index is 139. The molecule has 13 heavy (non-hydrogen) atoms. The largest absolute Gasteiger partial charge is 0.381 e.